The Kier molecular flexibility index (Phi) is 4.43. The number of fused-ring (bicyclic) bond motifs is 1. The Morgan fingerprint density at radius 1 is 1.11 bits per heavy atom. The molecule has 1 aromatic heterocycles. The number of hydrogen-bond acceptors (Lipinski definition) is 3. The van der Waals surface area contributed by atoms with Gasteiger partial charge in [0.1, 0.15) is 22.3 Å². The molecule has 1 amide bonds. The maximum atomic E-state index is 14.4. The fraction of sp³-hybridized carbons (Fsp3) is 0.100. The van der Waals surface area contributed by atoms with E-state index >= 15 is 0 Å². The van der Waals surface area contributed by atoms with Crippen LogP contribution < -0.4 is 5.32 Å². The Morgan fingerprint density at radius 2 is 1.86 bits per heavy atom. The van der Waals surface area contributed by atoms with Crippen LogP contribution in [-0.2, 0) is 4.79 Å². The van der Waals surface area contributed by atoms with Crippen LogP contribution in [0.1, 0.15) is 32.5 Å². The fourth-order valence-corrected chi connectivity index (χ4v) is 4.63. The average Bonchev–Trinajstić information content (AvgIpc) is 3.02. The number of hydrogen-bond donors (Lipinski definition) is 2. The van der Waals surface area contributed by atoms with E-state index in [1.54, 1.807) is 0 Å². The highest BCUT2D eigenvalue weighted by Gasteiger charge is 2.35. The first-order chi connectivity index (χ1) is 13.3. The zero-order chi connectivity index (χ0) is 20.0. The van der Waals surface area contributed by atoms with E-state index in [9.17, 15) is 27.9 Å². The summed E-state index contributed by atoms with van der Waals surface area (Å²) in [6.07, 6.45) is -0.157. The lowest BCUT2D eigenvalue weighted by atomic mass is 9.88. The fourth-order valence-electron chi connectivity index (χ4n) is 3.39. The Morgan fingerprint density at radius 3 is 2.57 bits per heavy atom. The number of carbonyl (C=O) groups excluding carboxylic acids is 1. The van der Waals surface area contributed by atoms with E-state index in [1.165, 1.54) is 18.2 Å². The molecule has 0 saturated heterocycles. The molecule has 0 spiro atoms. The number of amides is 1. The molecule has 4 nitrogen and oxygen atoms in total. The average molecular weight is 403 g/mol. The van der Waals surface area contributed by atoms with Crippen molar-refractivity contribution in [3.05, 3.63) is 75.2 Å². The van der Waals surface area contributed by atoms with E-state index in [4.69, 9.17) is 0 Å². The lowest BCUT2D eigenvalue weighted by Crippen LogP contribution is -2.23. The van der Waals surface area contributed by atoms with Crippen molar-refractivity contribution in [1.82, 2.24) is 0 Å². The lowest BCUT2D eigenvalue weighted by molar-refractivity contribution is -0.116. The Balaban J connectivity index is 1.98. The van der Waals surface area contributed by atoms with E-state index in [0.29, 0.717) is 4.88 Å². The van der Waals surface area contributed by atoms with Crippen molar-refractivity contribution in [3.8, 4) is 11.1 Å². The van der Waals surface area contributed by atoms with E-state index < -0.39 is 35.2 Å². The van der Waals surface area contributed by atoms with Crippen molar-refractivity contribution in [2.45, 2.75) is 12.3 Å². The van der Waals surface area contributed by atoms with Crippen LogP contribution in [0.15, 0.2) is 42.5 Å². The first-order valence-corrected chi connectivity index (χ1v) is 9.07. The minimum Gasteiger partial charge on any atom is -0.477 e. The Bertz CT molecular complexity index is 1130. The molecule has 2 aromatic carbocycles. The number of nitrogens with one attached hydrogen (secondary N) is 1. The number of rotatable bonds is 3. The van der Waals surface area contributed by atoms with Crippen molar-refractivity contribution in [2.75, 3.05) is 5.32 Å². The number of thiophene rings is 1. The number of benzene rings is 2. The molecular formula is C20H12F3NO3S. The van der Waals surface area contributed by atoms with Gasteiger partial charge < -0.3 is 10.4 Å². The summed E-state index contributed by atoms with van der Waals surface area (Å²) in [5, 5.41) is 12.3. The predicted octanol–water partition coefficient (Wildman–Crippen LogP) is 5.00. The van der Waals surface area contributed by atoms with Crippen molar-refractivity contribution in [1.29, 1.82) is 0 Å². The molecule has 1 aliphatic rings. The van der Waals surface area contributed by atoms with Gasteiger partial charge in [0, 0.05) is 22.8 Å². The second-order valence-electron chi connectivity index (χ2n) is 6.33. The first kappa shape index (κ1) is 18.2. The van der Waals surface area contributed by atoms with Crippen molar-refractivity contribution in [2.24, 2.45) is 0 Å². The van der Waals surface area contributed by atoms with E-state index in [0.717, 1.165) is 35.6 Å². The molecule has 8 heteroatoms. The summed E-state index contributed by atoms with van der Waals surface area (Å²) in [6.45, 7) is 0. The normalized spacial score (nSPS) is 15.8. The summed E-state index contributed by atoms with van der Waals surface area (Å²) < 4.78 is 41.8. The van der Waals surface area contributed by atoms with Gasteiger partial charge >= 0.3 is 5.97 Å². The van der Waals surface area contributed by atoms with Crippen molar-refractivity contribution < 1.29 is 27.9 Å². The van der Waals surface area contributed by atoms with Gasteiger partial charge in [-0.1, -0.05) is 12.1 Å². The van der Waals surface area contributed by atoms with Gasteiger partial charge in [0.2, 0.25) is 5.91 Å². The molecule has 1 aliphatic heterocycles. The monoisotopic (exact) mass is 403 g/mol. The third-order valence-corrected chi connectivity index (χ3v) is 5.84. The van der Waals surface area contributed by atoms with Crippen molar-refractivity contribution in [3.63, 3.8) is 0 Å². The van der Waals surface area contributed by atoms with Crippen LogP contribution >= 0.6 is 11.3 Å². The third kappa shape index (κ3) is 3.05. The molecule has 28 heavy (non-hydrogen) atoms. The maximum absolute atomic E-state index is 14.4. The highest BCUT2D eigenvalue weighted by Crippen LogP contribution is 2.49. The van der Waals surface area contributed by atoms with Gasteiger partial charge in [0.15, 0.2) is 0 Å². The quantitative estimate of drug-likeness (QED) is 0.647. The lowest BCUT2D eigenvalue weighted by Gasteiger charge is -2.24. The van der Waals surface area contributed by atoms with Crippen LogP contribution in [0.2, 0.25) is 0 Å². The summed E-state index contributed by atoms with van der Waals surface area (Å²) in [6, 6.07) is 8.27. The zero-order valence-corrected chi connectivity index (χ0v) is 14.9. The van der Waals surface area contributed by atoms with Crippen molar-refractivity contribution >= 4 is 28.9 Å². The predicted molar refractivity (Wildman–Crippen MR) is 98.1 cm³/mol. The molecule has 0 radical (unpaired) electrons. The van der Waals surface area contributed by atoms with Crippen LogP contribution in [0.3, 0.4) is 0 Å². The summed E-state index contributed by atoms with van der Waals surface area (Å²) >= 11 is 0.864. The highest BCUT2D eigenvalue weighted by molar-refractivity contribution is 7.15. The highest BCUT2D eigenvalue weighted by atomic mass is 32.1. The van der Waals surface area contributed by atoms with Gasteiger partial charge in [-0.15, -0.1) is 11.3 Å². The molecule has 0 fully saturated rings. The van der Waals surface area contributed by atoms with Gasteiger partial charge in [0.05, 0.1) is 5.69 Å². The maximum Gasteiger partial charge on any atom is 0.346 e. The number of aromatic carboxylic acids is 1. The van der Waals surface area contributed by atoms with Gasteiger partial charge in [-0.25, -0.2) is 18.0 Å². The second-order valence-corrected chi connectivity index (χ2v) is 7.38. The van der Waals surface area contributed by atoms with Crippen LogP contribution in [0, 0.1) is 17.5 Å². The Labute approximate surface area is 161 Å². The number of carboxylic acids is 1. The molecule has 2 heterocycles. The molecule has 0 saturated carbocycles. The summed E-state index contributed by atoms with van der Waals surface area (Å²) in [4.78, 5) is 24.4. The van der Waals surface area contributed by atoms with E-state index in [1.807, 2.05) is 0 Å². The van der Waals surface area contributed by atoms with E-state index in [-0.39, 0.29) is 33.7 Å². The van der Waals surface area contributed by atoms with Gasteiger partial charge in [-0.2, -0.15) is 0 Å². The number of anilines is 1. The minimum absolute atomic E-state index is 0.0277. The number of carbonyl (C=O) groups is 2. The SMILES string of the molecule is O=C1C[C@@H](c2cc(F)ccc2F)c2sc(C(=O)O)c(-c3cccc(F)c3)c2N1. The van der Waals surface area contributed by atoms with E-state index in [2.05, 4.69) is 5.32 Å². The third-order valence-electron chi connectivity index (χ3n) is 4.55. The zero-order valence-electron chi connectivity index (χ0n) is 14.1. The van der Waals surface area contributed by atoms with Gasteiger partial charge in [0.25, 0.3) is 0 Å². The molecule has 0 aliphatic carbocycles. The topological polar surface area (TPSA) is 66.4 Å². The standard InChI is InChI=1S/C20H12F3NO3S/c21-10-3-1-2-9(6-10)16-17-18(28-19(16)20(26)27)13(8-15(25)24-17)12-7-11(22)4-5-14(12)23/h1-7,13H,8H2,(H,24,25)(H,26,27)/t13-/m0/s1. The minimum atomic E-state index is -1.26. The Hall–Kier alpha value is -3.13. The van der Waals surface area contributed by atoms with Gasteiger partial charge in [-0.3, -0.25) is 4.79 Å². The molecule has 3 aromatic rings. The summed E-state index contributed by atoms with van der Waals surface area (Å²) in [7, 11) is 0. The van der Waals surface area contributed by atoms with Crippen LogP contribution in [0.5, 0.6) is 0 Å². The summed E-state index contributed by atoms with van der Waals surface area (Å²) in [5.41, 5.74) is 0.593. The first-order valence-electron chi connectivity index (χ1n) is 8.26. The molecular weight excluding hydrogens is 391 g/mol. The molecule has 4 rings (SSSR count). The summed E-state index contributed by atoms with van der Waals surface area (Å²) in [5.74, 6) is -4.48. The molecule has 1 atom stereocenters. The van der Waals surface area contributed by atoms with Crippen LogP contribution in [0.4, 0.5) is 18.9 Å². The molecule has 142 valence electrons. The second kappa shape index (κ2) is 6.79. The van der Waals surface area contributed by atoms with Crippen LogP contribution in [0.25, 0.3) is 11.1 Å². The molecule has 0 bridgehead atoms. The van der Waals surface area contributed by atoms with Gasteiger partial charge in [-0.05, 0) is 41.5 Å². The number of carboxylic acid groups (broad SMARTS) is 1. The smallest absolute Gasteiger partial charge is 0.346 e. The largest absolute Gasteiger partial charge is 0.477 e. The van der Waals surface area contributed by atoms with Crippen LogP contribution in [-0.4, -0.2) is 17.0 Å². The number of halogens is 3. The molecule has 0 unspecified atom stereocenters. The molecule has 2 N–H and O–H groups in total.